The maximum Gasteiger partial charge on any atom is 0.325 e. The van der Waals surface area contributed by atoms with Crippen molar-refractivity contribution < 1.29 is 14.3 Å². The molecule has 2 N–H and O–H groups in total. The molecule has 0 aliphatic carbocycles. The van der Waals surface area contributed by atoms with Gasteiger partial charge in [0.05, 0.1) is 7.11 Å². The largest absolute Gasteiger partial charge is 0.468 e. The molecular weight excluding hydrogens is 172 g/mol. The molecule has 0 aromatic heterocycles. The summed E-state index contributed by atoms with van der Waals surface area (Å²) in [4.78, 5) is 21.7. The van der Waals surface area contributed by atoms with Crippen LogP contribution in [-0.4, -0.2) is 31.2 Å². The first-order valence-electron chi connectivity index (χ1n) is 3.98. The monoisotopic (exact) mass is 188 g/mol. The average molecular weight is 188 g/mol. The van der Waals surface area contributed by atoms with Gasteiger partial charge in [0.1, 0.15) is 6.54 Å². The van der Waals surface area contributed by atoms with Gasteiger partial charge in [0.2, 0.25) is 0 Å². The zero-order valence-electron chi connectivity index (χ0n) is 8.43. The van der Waals surface area contributed by atoms with E-state index in [1.54, 1.807) is 0 Å². The van der Waals surface area contributed by atoms with Crippen molar-refractivity contribution >= 4 is 12.0 Å². The highest BCUT2D eigenvalue weighted by Crippen LogP contribution is 1.96. The van der Waals surface area contributed by atoms with Crippen molar-refractivity contribution in [3.05, 3.63) is 0 Å². The van der Waals surface area contributed by atoms with Crippen LogP contribution in [0.5, 0.6) is 0 Å². The predicted molar refractivity (Wildman–Crippen MR) is 48.3 cm³/mol. The molecular formula is C8H16N2O3. The number of amides is 2. The van der Waals surface area contributed by atoms with Crippen LogP contribution in [0.1, 0.15) is 20.8 Å². The first kappa shape index (κ1) is 11.7. The van der Waals surface area contributed by atoms with E-state index in [1.807, 2.05) is 20.8 Å². The SMILES string of the molecule is COC(=O)CNC(=O)NC(C)(C)C. The summed E-state index contributed by atoms with van der Waals surface area (Å²) in [5.41, 5.74) is -0.305. The Morgan fingerprint density at radius 2 is 1.85 bits per heavy atom. The van der Waals surface area contributed by atoms with Gasteiger partial charge >= 0.3 is 12.0 Å². The van der Waals surface area contributed by atoms with Gasteiger partial charge in [0.25, 0.3) is 0 Å². The summed E-state index contributed by atoms with van der Waals surface area (Å²) in [7, 11) is 1.27. The van der Waals surface area contributed by atoms with Gasteiger partial charge in [-0.1, -0.05) is 0 Å². The first-order chi connectivity index (χ1) is 5.85. The average Bonchev–Trinajstić information content (AvgIpc) is 1.97. The molecule has 0 rings (SSSR count). The van der Waals surface area contributed by atoms with Crippen LogP contribution >= 0.6 is 0 Å². The summed E-state index contributed by atoms with van der Waals surface area (Å²) in [5, 5.41) is 5.01. The second-order valence-corrected chi connectivity index (χ2v) is 3.63. The molecule has 0 bridgehead atoms. The van der Waals surface area contributed by atoms with Crippen molar-refractivity contribution in [2.45, 2.75) is 26.3 Å². The van der Waals surface area contributed by atoms with Crippen LogP contribution < -0.4 is 10.6 Å². The Labute approximate surface area is 77.8 Å². The van der Waals surface area contributed by atoms with Gasteiger partial charge in [-0.05, 0) is 20.8 Å². The lowest BCUT2D eigenvalue weighted by Gasteiger charge is -2.20. The highest BCUT2D eigenvalue weighted by molar-refractivity contribution is 5.80. The summed E-state index contributed by atoms with van der Waals surface area (Å²) < 4.78 is 4.35. The molecule has 0 fully saturated rings. The van der Waals surface area contributed by atoms with Crippen molar-refractivity contribution in [1.29, 1.82) is 0 Å². The second-order valence-electron chi connectivity index (χ2n) is 3.63. The smallest absolute Gasteiger partial charge is 0.325 e. The Kier molecular flexibility index (Phi) is 4.23. The maximum absolute atomic E-state index is 11.0. The number of hydrogen-bond donors (Lipinski definition) is 2. The van der Waals surface area contributed by atoms with Crippen LogP contribution in [0.25, 0.3) is 0 Å². The molecule has 5 nitrogen and oxygen atoms in total. The third-order valence-corrected chi connectivity index (χ3v) is 1.11. The van der Waals surface area contributed by atoms with E-state index in [1.165, 1.54) is 7.11 Å². The number of methoxy groups -OCH3 is 1. The molecule has 0 saturated carbocycles. The summed E-state index contributed by atoms with van der Waals surface area (Å²) in [6.45, 7) is 5.44. The molecule has 0 unspecified atom stereocenters. The van der Waals surface area contributed by atoms with E-state index in [4.69, 9.17) is 0 Å². The Morgan fingerprint density at radius 3 is 2.23 bits per heavy atom. The van der Waals surface area contributed by atoms with Gasteiger partial charge in [-0.15, -0.1) is 0 Å². The predicted octanol–water partition coefficient (Wildman–Crippen LogP) is 0.257. The van der Waals surface area contributed by atoms with E-state index >= 15 is 0 Å². The second kappa shape index (κ2) is 4.69. The highest BCUT2D eigenvalue weighted by Gasteiger charge is 2.13. The fourth-order valence-electron chi connectivity index (χ4n) is 0.609. The van der Waals surface area contributed by atoms with E-state index in [-0.39, 0.29) is 18.1 Å². The fraction of sp³-hybridized carbons (Fsp3) is 0.750. The van der Waals surface area contributed by atoms with E-state index < -0.39 is 5.97 Å². The number of carbonyl (C=O) groups is 2. The third-order valence-electron chi connectivity index (χ3n) is 1.11. The number of hydrogen-bond acceptors (Lipinski definition) is 3. The molecule has 0 heterocycles. The zero-order valence-corrected chi connectivity index (χ0v) is 8.43. The molecule has 0 aliphatic rings. The molecule has 5 heteroatoms. The quantitative estimate of drug-likeness (QED) is 0.611. The van der Waals surface area contributed by atoms with Gasteiger partial charge < -0.3 is 15.4 Å². The summed E-state index contributed by atoms with van der Waals surface area (Å²) in [6, 6.07) is -0.377. The van der Waals surface area contributed by atoms with Gasteiger partial charge in [0, 0.05) is 5.54 Å². The van der Waals surface area contributed by atoms with Crippen molar-refractivity contribution in [3.8, 4) is 0 Å². The zero-order chi connectivity index (χ0) is 10.5. The Morgan fingerprint density at radius 1 is 1.31 bits per heavy atom. The minimum Gasteiger partial charge on any atom is -0.468 e. The molecule has 0 aromatic rings. The number of esters is 1. The maximum atomic E-state index is 11.0. The lowest BCUT2D eigenvalue weighted by Crippen LogP contribution is -2.47. The highest BCUT2D eigenvalue weighted by atomic mass is 16.5. The van der Waals surface area contributed by atoms with Crippen LogP contribution in [0.15, 0.2) is 0 Å². The van der Waals surface area contributed by atoms with Crippen LogP contribution in [0.4, 0.5) is 4.79 Å². The number of rotatable bonds is 2. The van der Waals surface area contributed by atoms with E-state index in [9.17, 15) is 9.59 Å². The van der Waals surface area contributed by atoms with E-state index in [0.29, 0.717) is 0 Å². The normalized spacial score (nSPS) is 10.5. The lowest BCUT2D eigenvalue weighted by molar-refractivity contribution is -0.139. The Hall–Kier alpha value is -1.26. The Bertz CT molecular complexity index is 196. The van der Waals surface area contributed by atoms with Crippen molar-refractivity contribution in [2.24, 2.45) is 0 Å². The number of carbonyl (C=O) groups excluding carboxylic acids is 2. The lowest BCUT2D eigenvalue weighted by atomic mass is 10.1. The van der Waals surface area contributed by atoms with E-state index in [0.717, 1.165) is 0 Å². The summed E-state index contributed by atoms with van der Waals surface area (Å²) >= 11 is 0. The van der Waals surface area contributed by atoms with Crippen LogP contribution in [0.2, 0.25) is 0 Å². The van der Waals surface area contributed by atoms with E-state index in [2.05, 4.69) is 15.4 Å². The van der Waals surface area contributed by atoms with Crippen LogP contribution in [-0.2, 0) is 9.53 Å². The topological polar surface area (TPSA) is 67.4 Å². The minimum atomic E-state index is -0.468. The van der Waals surface area contributed by atoms with Gasteiger partial charge in [-0.25, -0.2) is 4.79 Å². The molecule has 0 saturated heterocycles. The van der Waals surface area contributed by atoms with Gasteiger partial charge in [0.15, 0.2) is 0 Å². The molecule has 0 aliphatic heterocycles. The summed E-state index contributed by atoms with van der Waals surface area (Å²) in [5.74, 6) is -0.468. The van der Waals surface area contributed by atoms with Gasteiger partial charge in [-0.3, -0.25) is 4.79 Å². The van der Waals surface area contributed by atoms with Crippen LogP contribution in [0.3, 0.4) is 0 Å². The van der Waals surface area contributed by atoms with Crippen LogP contribution in [0, 0.1) is 0 Å². The molecule has 2 amide bonds. The molecule has 0 aromatic carbocycles. The molecule has 0 radical (unpaired) electrons. The molecule has 0 atom stereocenters. The standard InChI is InChI=1S/C8H16N2O3/c1-8(2,3)10-7(12)9-5-6(11)13-4/h5H2,1-4H3,(H2,9,10,12). The first-order valence-corrected chi connectivity index (χ1v) is 3.98. The molecule has 13 heavy (non-hydrogen) atoms. The van der Waals surface area contributed by atoms with Gasteiger partial charge in [-0.2, -0.15) is 0 Å². The molecule has 76 valence electrons. The fourth-order valence-corrected chi connectivity index (χ4v) is 0.609. The number of urea groups is 1. The Balaban J connectivity index is 3.71. The third kappa shape index (κ3) is 7.11. The van der Waals surface area contributed by atoms with Crippen molar-refractivity contribution in [3.63, 3.8) is 0 Å². The van der Waals surface area contributed by atoms with Crippen molar-refractivity contribution in [1.82, 2.24) is 10.6 Å². The minimum absolute atomic E-state index is 0.113. The molecule has 0 spiro atoms. The van der Waals surface area contributed by atoms with Crippen molar-refractivity contribution in [2.75, 3.05) is 13.7 Å². The number of ether oxygens (including phenoxy) is 1. The summed E-state index contributed by atoms with van der Waals surface area (Å²) in [6.07, 6.45) is 0. The number of nitrogens with one attached hydrogen (secondary N) is 2.